The van der Waals surface area contributed by atoms with Crippen molar-refractivity contribution in [3.63, 3.8) is 0 Å². The number of hydrogen-bond donors (Lipinski definition) is 0. The molecule has 0 amide bonds. The fourth-order valence-electron chi connectivity index (χ4n) is 6.73. The standard InChI is InChI=1S/C38H28N2/c1-38(2)32-19-11-9-17-28(32)30-21-22-31-29-18-10-12-20-34(29)40(37(31)36(30)38)35-24-27(25-13-5-3-6-14-25)23-33(39-35)26-15-7-4-8-16-26/h3-24H,1-2H3. The van der Waals surface area contributed by atoms with Crippen molar-refractivity contribution < 1.29 is 0 Å². The number of rotatable bonds is 3. The van der Waals surface area contributed by atoms with Crippen LogP contribution in [0.15, 0.2) is 133 Å². The second kappa shape index (κ2) is 8.53. The zero-order chi connectivity index (χ0) is 26.8. The molecule has 0 N–H and O–H groups in total. The molecule has 7 aromatic rings. The van der Waals surface area contributed by atoms with Gasteiger partial charge in [-0.1, -0.05) is 129 Å². The van der Waals surface area contributed by atoms with E-state index in [-0.39, 0.29) is 5.41 Å². The van der Waals surface area contributed by atoms with Crippen LogP contribution >= 0.6 is 0 Å². The lowest BCUT2D eigenvalue weighted by Gasteiger charge is -2.23. The van der Waals surface area contributed by atoms with Gasteiger partial charge >= 0.3 is 0 Å². The van der Waals surface area contributed by atoms with E-state index in [1.54, 1.807) is 0 Å². The fraction of sp³-hybridized carbons (Fsp3) is 0.0789. The van der Waals surface area contributed by atoms with Crippen LogP contribution in [0, 0.1) is 0 Å². The first-order chi connectivity index (χ1) is 19.6. The van der Waals surface area contributed by atoms with Gasteiger partial charge in [0, 0.05) is 21.8 Å². The molecule has 0 fully saturated rings. The van der Waals surface area contributed by atoms with Crippen molar-refractivity contribution in [1.29, 1.82) is 0 Å². The van der Waals surface area contributed by atoms with Gasteiger partial charge in [-0.05, 0) is 51.6 Å². The van der Waals surface area contributed by atoms with E-state index in [0.29, 0.717) is 0 Å². The maximum absolute atomic E-state index is 5.36. The van der Waals surface area contributed by atoms with Crippen molar-refractivity contribution in [2.45, 2.75) is 19.3 Å². The summed E-state index contributed by atoms with van der Waals surface area (Å²) in [5.41, 5.74) is 12.1. The van der Waals surface area contributed by atoms with Crippen molar-refractivity contribution in [3.05, 3.63) is 145 Å². The first-order valence-corrected chi connectivity index (χ1v) is 13.9. The summed E-state index contributed by atoms with van der Waals surface area (Å²) < 4.78 is 2.41. The van der Waals surface area contributed by atoms with E-state index in [4.69, 9.17) is 4.98 Å². The number of para-hydroxylation sites is 1. The van der Waals surface area contributed by atoms with Gasteiger partial charge in [-0.25, -0.2) is 4.98 Å². The number of nitrogens with zero attached hydrogens (tertiary/aromatic N) is 2. The monoisotopic (exact) mass is 512 g/mol. The maximum Gasteiger partial charge on any atom is 0.138 e. The second-order valence-electron chi connectivity index (χ2n) is 11.2. The molecule has 2 heteroatoms. The summed E-state index contributed by atoms with van der Waals surface area (Å²) in [5, 5.41) is 2.52. The first kappa shape index (κ1) is 23.0. The van der Waals surface area contributed by atoms with E-state index in [0.717, 1.165) is 22.6 Å². The smallest absolute Gasteiger partial charge is 0.138 e. The SMILES string of the molecule is CC1(C)c2ccccc2-c2ccc3c4ccccc4n(-c4cc(-c5ccccc5)cc(-c5ccccc5)n4)c3c21. The molecule has 0 atom stereocenters. The molecule has 2 nitrogen and oxygen atoms in total. The van der Waals surface area contributed by atoms with Gasteiger partial charge in [0.2, 0.25) is 0 Å². The lowest BCUT2D eigenvalue weighted by Crippen LogP contribution is -2.16. The second-order valence-corrected chi connectivity index (χ2v) is 11.2. The summed E-state index contributed by atoms with van der Waals surface area (Å²) in [6.45, 7) is 4.73. The predicted molar refractivity (Wildman–Crippen MR) is 167 cm³/mol. The van der Waals surface area contributed by atoms with Gasteiger partial charge in [0.1, 0.15) is 5.82 Å². The topological polar surface area (TPSA) is 17.8 Å². The highest BCUT2D eigenvalue weighted by atomic mass is 15.1. The third-order valence-electron chi connectivity index (χ3n) is 8.57. The van der Waals surface area contributed by atoms with Crippen molar-refractivity contribution in [2.24, 2.45) is 0 Å². The molecule has 1 aliphatic rings. The Morgan fingerprint density at radius 2 is 1.23 bits per heavy atom. The van der Waals surface area contributed by atoms with Gasteiger partial charge in [-0.2, -0.15) is 0 Å². The Labute approximate surface area is 234 Å². The van der Waals surface area contributed by atoms with Gasteiger partial charge in [-0.15, -0.1) is 0 Å². The van der Waals surface area contributed by atoms with Crippen LogP contribution in [-0.2, 0) is 5.41 Å². The maximum atomic E-state index is 5.36. The summed E-state index contributed by atoms with van der Waals surface area (Å²) >= 11 is 0. The van der Waals surface area contributed by atoms with Crippen molar-refractivity contribution in [2.75, 3.05) is 0 Å². The van der Waals surface area contributed by atoms with Gasteiger partial charge in [0.25, 0.3) is 0 Å². The molecule has 5 aromatic carbocycles. The lowest BCUT2D eigenvalue weighted by molar-refractivity contribution is 0.663. The van der Waals surface area contributed by atoms with Crippen molar-refractivity contribution >= 4 is 21.8 Å². The minimum Gasteiger partial charge on any atom is -0.293 e. The number of fused-ring (bicyclic) bond motifs is 7. The van der Waals surface area contributed by atoms with E-state index in [9.17, 15) is 0 Å². The Hall–Kier alpha value is -4.95. The Morgan fingerprint density at radius 1 is 0.550 bits per heavy atom. The van der Waals surface area contributed by atoms with Gasteiger partial charge in [0.15, 0.2) is 0 Å². The van der Waals surface area contributed by atoms with Crippen LogP contribution in [0.3, 0.4) is 0 Å². The molecule has 2 aromatic heterocycles. The zero-order valence-corrected chi connectivity index (χ0v) is 22.6. The van der Waals surface area contributed by atoms with Crippen LogP contribution < -0.4 is 0 Å². The molecular weight excluding hydrogens is 484 g/mol. The number of pyridine rings is 1. The van der Waals surface area contributed by atoms with E-state index in [2.05, 4.69) is 152 Å². The third kappa shape index (κ3) is 3.26. The molecule has 0 saturated heterocycles. The van der Waals surface area contributed by atoms with E-state index in [1.807, 2.05) is 0 Å². The molecule has 40 heavy (non-hydrogen) atoms. The minimum atomic E-state index is -0.142. The Balaban J connectivity index is 1.51. The molecule has 0 saturated carbocycles. The molecule has 0 spiro atoms. The predicted octanol–water partition coefficient (Wildman–Crippen LogP) is 9.82. The third-order valence-corrected chi connectivity index (χ3v) is 8.57. The number of aromatic nitrogens is 2. The van der Waals surface area contributed by atoms with E-state index in [1.165, 1.54) is 49.6 Å². The first-order valence-electron chi connectivity index (χ1n) is 13.9. The van der Waals surface area contributed by atoms with E-state index < -0.39 is 0 Å². The molecule has 0 unspecified atom stereocenters. The summed E-state index contributed by atoms with van der Waals surface area (Å²) in [6.07, 6.45) is 0. The quantitative estimate of drug-likeness (QED) is 0.230. The number of benzene rings is 5. The Morgan fingerprint density at radius 3 is 2.02 bits per heavy atom. The summed E-state index contributed by atoms with van der Waals surface area (Å²) in [5.74, 6) is 0.937. The number of hydrogen-bond acceptors (Lipinski definition) is 1. The summed E-state index contributed by atoms with van der Waals surface area (Å²) in [7, 11) is 0. The molecule has 1 aliphatic carbocycles. The highest BCUT2D eigenvalue weighted by Gasteiger charge is 2.38. The van der Waals surface area contributed by atoms with Crippen LogP contribution in [0.1, 0.15) is 25.0 Å². The molecule has 190 valence electrons. The molecule has 0 radical (unpaired) electrons. The van der Waals surface area contributed by atoms with Crippen molar-refractivity contribution in [3.8, 4) is 39.3 Å². The van der Waals surface area contributed by atoms with Crippen molar-refractivity contribution in [1.82, 2.24) is 9.55 Å². The Bertz CT molecular complexity index is 2010. The van der Waals surface area contributed by atoms with Crippen LogP contribution in [0.2, 0.25) is 0 Å². The fourth-order valence-corrected chi connectivity index (χ4v) is 6.73. The highest BCUT2D eigenvalue weighted by molar-refractivity contribution is 6.13. The molecule has 8 rings (SSSR count). The lowest BCUT2D eigenvalue weighted by atomic mass is 9.81. The molecule has 2 heterocycles. The normalized spacial score (nSPS) is 13.4. The van der Waals surface area contributed by atoms with Gasteiger partial charge in [0.05, 0.1) is 16.7 Å². The molecule has 0 bridgehead atoms. The highest BCUT2D eigenvalue weighted by Crippen LogP contribution is 2.52. The van der Waals surface area contributed by atoms with Crippen LogP contribution in [0.5, 0.6) is 0 Å². The average molecular weight is 513 g/mol. The van der Waals surface area contributed by atoms with Gasteiger partial charge in [-0.3, -0.25) is 4.57 Å². The van der Waals surface area contributed by atoms with Crippen LogP contribution in [0.4, 0.5) is 0 Å². The van der Waals surface area contributed by atoms with E-state index >= 15 is 0 Å². The average Bonchev–Trinajstić information content (AvgIpc) is 3.47. The van der Waals surface area contributed by atoms with Gasteiger partial charge < -0.3 is 0 Å². The largest absolute Gasteiger partial charge is 0.293 e. The molecular formula is C38H28N2. The Kier molecular flexibility index (Phi) is 4.90. The summed E-state index contributed by atoms with van der Waals surface area (Å²) in [4.78, 5) is 5.36. The molecule has 0 aliphatic heterocycles. The summed E-state index contributed by atoms with van der Waals surface area (Å²) in [6, 6.07) is 47.9. The van der Waals surface area contributed by atoms with Crippen LogP contribution in [0.25, 0.3) is 61.1 Å². The minimum absolute atomic E-state index is 0.142. The van der Waals surface area contributed by atoms with Crippen LogP contribution in [-0.4, -0.2) is 9.55 Å². The zero-order valence-electron chi connectivity index (χ0n) is 22.6.